The summed E-state index contributed by atoms with van der Waals surface area (Å²) in [5.74, 6) is 1.28. The summed E-state index contributed by atoms with van der Waals surface area (Å²) in [6, 6.07) is 0.134. The summed E-state index contributed by atoms with van der Waals surface area (Å²) in [4.78, 5) is 35.0. The molecular formula is C21H29N7O3. The van der Waals surface area contributed by atoms with Crippen LogP contribution < -0.4 is 15.5 Å². The Hall–Kier alpha value is -3.01. The van der Waals surface area contributed by atoms with E-state index < -0.39 is 5.54 Å². The van der Waals surface area contributed by atoms with Crippen LogP contribution in [-0.2, 0) is 20.7 Å². The number of nitrogen functional groups attached to an aromatic ring is 1. The first kappa shape index (κ1) is 21.2. The Balaban J connectivity index is 1.84. The van der Waals surface area contributed by atoms with Crippen molar-refractivity contribution in [3.8, 4) is 11.3 Å². The van der Waals surface area contributed by atoms with Gasteiger partial charge in [0.1, 0.15) is 11.4 Å². The minimum Gasteiger partial charge on any atom is -0.464 e. The molecule has 0 amide bonds. The van der Waals surface area contributed by atoms with Gasteiger partial charge in [-0.3, -0.25) is 0 Å². The third kappa shape index (κ3) is 3.87. The SMILES string of the molecule is CCOC(=O)C(C)(C)N1CCc2c(-c3cnc(N)nc3)nc(N3CCOC[C@@H]3C)nc21. The molecule has 0 saturated carbocycles. The van der Waals surface area contributed by atoms with Crippen molar-refractivity contribution in [3.63, 3.8) is 0 Å². The molecule has 2 N–H and O–H groups in total. The molecular weight excluding hydrogens is 398 g/mol. The number of nitrogens with two attached hydrogens (primary N) is 1. The van der Waals surface area contributed by atoms with E-state index in [1.807, 2.05) is 25.7 Å². The van der Waals surface area contributed by atoms with Gasteiger partial charge in [-0.05, 0) is 34.1 Å². The first-order valence-electron chi connectivity index (χ1n) is 10.6. The lowest BCUT2D eigenvalue weighted by atomic mass is 10.0. The van der Waals surface area contributed by atoms with Gasteiger partial charge in [0.2, 0.25) is 11.9 Å². The quantitative estimate of drug-likeness (QED) is 0.702. The van der Waals surface area contributed by atoms with Gasteiger partial charge in [-0.1, -0.05) is 0 Å². The number of aromatic nitrogens is 4. The van der Waals surface area contributed by atoms with Gasteiger partial charge in [0.25, 0.3) is 0 Å². The second kappa shape index (κ2) is 8.26. The molecule has 10 heteroatoms. The molecule has 0 spiro atoms. The van der Waals surface area contributed by atoms with Crippen LogP contribution in [0.5, 0.6) is 0 Å². The maximum atomic E-state index is 12.7. The number of fused-ring (bicyclic) bond motifs is 1. The number of hydrogen-bond donors (Lipinski definition) is 1. The molecule has 1 atom stereocenters. The number of ether oxygens (including phenoxy) is 2. The van der Waals surface area contributed by atoms with E-state index in [0.29, 0.717) is 45.3 Å². The molecule has 1 fully saturated rings. The van der Waals surface area contributed by atoms with Crippen LogP contribution in [0.4, 0.5) is 17.7 Å². The lowest BCUT2D eigenvalue weighted by Gasteiger charge is -2.36. The van der Waals surface area contributed by atoms with E-state index in [9.17, 15) is 4.79 Å². The number of esters is 1. The third-order valence-electron chi connectivity index (χ3n) is 5.83. The zero-order chi connectivity index (χ0) is 22.2. The van der Waals surface area contributed by atoms with Crippen molar-refractivity contribution in [1.82, 2.24) is 19.9 Å². The van der Waals surface area contributed by atoms with Crippen LogP contribution in [0.3, 0.4) is 0 Å². The summed E-state index contributed by atoms with van der Waals surface area (Å²) < 4.78 is 10.9. The van der Waals surface area contributed by atoms with E-state index in [-0.39, 0.29) is 18.0 Å². The summed E-state index contributed by atoms with van der Waals surface area (Å²) in [5, 5.41) is 0. The van der Waals surface area contributed by atoms with Crippen LogP contribution >= 0.6 is 0 Å². The number of carbonyl (C=O) groups excluding carboxylic acids is 1. The Morgan fingerprint density at radius 1 is 1.29 bits per heavy atom. The summed E-state index contributed by atoms with van der Waals surface area (Å²) in [6.45, 7) is 10.5. The van der Waals surface area contributed by atoms with Crippen molar-refractivity contribution >= 4 is 23.7 Å². The zero-order valence-corrected chi connectivity index (χ0v) is 18.5. The average molecular weight is 428 g/mol. The predicted octanol–water partition coefficient (Wildman–Crippen LogP) is 1.45. The van der Waals surface area contributed by atoms with Gasteiger partial charge in [-0.25, -0.2) is 19.7 Å². The van der Waals surface area contributed by atoms with Crippen molar-refractivity contribution in [3.05, 3.63) is 18.0 Å². The molecule has 0 unspecified atom stereocenters. The second-order valence-electron chi connectivity index (χ2n) is 8.30. The maximum absolute atomic E-state index is 12.7. The van der Waals surface area contributed by atoms with Crippen LogP contribution in [0.1, 0.15) is 33.3 Å². The molecule has 0 aromatic carbocycles. The molecule has 0 bridgehead atoms. The molecule has 2 aromatic rings. The first-order chi connectivity index (χ1) is 14.8. The second-order valence-corrected chi connectivity index (χ2v) is 8.30. The molecule has 2 aliphatic rings. The normalized spacial score (nSPS) is 18.8. The number of carbonyl (C=O) groups is 1. The number of hydrogen-bond acceptors (Lipinski definition) is 10. The third-order valence-corrected chi connectivity index (χ3v) is 5.83. The van der Waals surface area contributed by atoms with Crippen molar-refractivity contribution in [1.29, 1.82) is 0 Å². The van der Waals surface area contributed by atoms with Gasteiger partial charge in [-0.15, -0.1) is 0 Å². The van der Waals surface area contributed by atoms with Crippen LogP contribution in [0.25, 0.3) is 11.3 Å². The largest absolute Gasteiger partial charge is 0.464 e. The molecule has 2 aromatic heterocycles. The van der Waals surface area contributed by atoms with E-state index >= 15 is 0 Å². The smallest absolute Gasteiger partial charge is 0.331 e. The van der Waals surface area contributed by atoms with Gasteiger partial charge in [0.05, 0.1) is 31.6 Å². The van der Waals surface area contributed by atoms with E-state index in [0.717, 1.165) is 22.6 Å². The van der Waals surface area contributed by atoms with Gasteiger partial charge in [-0.2, -0.15) is 4.98 Å². The Morgan fingerprint density at radius 2 is 2.03 bits per heavy atom. The fourth-order valence-electron chi connectivity index (χ4n) is 4.06. The molecule has 166 valence electrons. The highest BCUT2D eigenvalue weighted by atomic mass is 16.5. The molecule has 0 radical (unpaired) electrons. The molecule has 4 rings (SSSR count). The standard InChI is InChI=1S/C21H29N7O3/c1-5-31-18(29)21(3,4)28-7-6-15-16(14-10-23-19(22)24-11-14)25-20(26-17(15)28)27-8-9-30-12-13(27)2/h10-11,13H,5-9,12H2,1-4H3,(H2,22,23,24)/t13-/m0/s1. The van der Waals surface area contributed by atoms with Crippen molar-refractivity contribution in [2.75, 3.05) is 48.4 Å². The molecule has 31 heavy (non-hydrogen) atoms. The lowest BCUT2D eigenvalue weighted by molar-refractivity contribution is -0.148. The highest BCUT2D eigenvalue weighted by molar-refractivity contribution is 5.86. The average Bonchev–Trinajstić information content (AvgIpc) is 3.19. The summed E-state index contributed by atoms with van der Waals surface area (Å²) in [6.07, 6.45) is 4.06. The van der Waals surface area contributed by atoms with E-state index in [2.05, 4.69) is 21.8 Å². The van der Waals surface area contributed by atoms with Gasteiger partial charge < -0.3 is 25.0 Å². The van der Waals surface area contributed by atoms with Crippen molar-refractivity contribution in [2.45, 2.75) is 45.7 Å². The highest BCUT2D eigenvalue weighted by Gasteiger charge is 2.42. The van der Waals surface area contributed by atoms with Gasteiger partial charge in [0, 0.05) is 36.6 Å². The van der Waals surface area contributed by atoms with Crippen LogP contribution in [0.15, 0.2) is 12.4 Å². The maximum Gasteiger partial charge on any atom is 0.331 e. The zero-order valence-electron chi connectivity index (χ0n) is 18.5. The lowest BCUT2D eigenvalue weighted by Crippen LogP contribution is -2.51. The molecule has 2 aliphatic heterocycles. The molecule has 0 aliphatic carbocycles. The van der Waals surface area contributed by atoms with Crippen molar-refractivity contribution in [2.24, 2.45) is 0 Å². The highest BCUT2D eigenvalue weighted by Crippen LogP contribution is 2.39. The topological polar surface area (TPSA) is 120 Å². The van der Waals surface area contributed by atoms with E-state index in [1.165, 1.54) is 0 Å². The monoisotopic (exact) mass is 427 g/mol. The van der Waals surface area contributed by atoms with E-state index in [4.69, 9.17) is 25.2 Å². The van der Waals surface area contributed by atoms with Crippen LogP contribution in [0, 0.1) is 0 Å². The van der Waals surface area contributed by atoms with E-state index in [1.54, 1.807) is 12.4 Å². The number of morpholine rings is 1. The van der Waals surface area contributed by atoms with Gasteiger partial charge >= 0.3 is 5.97 Å². The predicted molar refractivity (Wildman–Crippen MR) is 117 cm³/mol. The summed E-state index contributed by atoms with van der Waals surface area (Å²) in [7, 11) is 0. The molecule has 4 heterocycles. The first-order valence-corrected chi connectivity index (χ1v) is 10.6. The van der Waals surface area contributed by atoms with Crippen molar-refractivity contribution < 1.29 is 14.3 Å². The van der Waals surface area contributed by atoms with Crippen LogP contribution in [0.2, 0.25) is 0 Å². The van der Waals surface area contributed by atoms with Gasteiger partial charge in [0.15, 0.2) is 0 Å². The van der Waals surface area contributed by atoms with Crippen LogP contribution in [-0.4, -0.2) is 70.4 Å². The fourth-order valence-corrected chi connectivity index (χ4v) is 4.06. The fraction of sp³-hybridized carbons (Fsp3) is 0.571. The molecule has 1 saturated heterocycles. The summed E-state index contributed by atoms with van der Waals surface area (Å²) in [5.41, 5.74) is 7.33. The summed E-state index contributed by atoms with van der Waals surface area (Å²) >= 11 is 0. The molecule has 10 nitrogen and oxygen atoms in total. The Labute approximate surface area is 181 Å². The number of anilines is 3. The number of nitrogens with zero attached hydrogens (tertiary/aromatic N) is 6. The minimum atomic E-state index is -0.863. The Bertz CT molecular complexity index is 964. The Kier molecular flexibility index (Phi) is 5.65. The Morgan fingerprint density at radius 3 is 2.71 bits per heavy atom. The minimum absolute atomic E-state index is 0.134. The number of rotatable bonds is 5.